The Bertz CT molecular complexity index is 514. The summed E-state index contributed by atoms with van der Waals surface area (Å²) in [6, 6.07) is 2.20. The van der Waals surface area contributed by atoms with Crippen molar-refractivity contribution in [3.05, 3.63) is 22.9 Å². The number of fused-ring (bicyclic) bond motifs is 1. The minimum absolute atomic E-state index is 0.0549. The first-order valence-electron chi connectivity index (χ1n) is 6.95. The average Bonchev–Trinajstić information content (AvgIpc) is 3.05. The van der Waals surface area contributed by atoms with Crippen LogP contribution in [-0.2, 0) is 24.2 Å². The highest BCUT2D eigenvalue weighted by Gasteiger charge is 2.29. The molecule has 0 radical (unpaired) electrons. The van der Waals surface area contributed by atoms with E-state index >= 15 is 0 Å². The van der Waals surface area contributed by atoms with Crippen molar-refractivity contribution < 1.29 is 4.79 Å². The molecule has 4 N–H and O–H groups in total. The number of aryl methyl sites for hydroxylation is 2. The van der Waals surface area contributed by atoms with Crippen molar-refractivity contribution in [3.63, 3.8) is 0 Å². The summed E-state index contributed by atoms with van der Waals surface area (Å²) in [5.74, 6) is 0.700. The number of nitrogens with zero attached hydrogens (tertiary/aromatic N) is 2. The van der Waals surface area contributed by atoms with E-state index in [2.05, 4.69) is 11.0 Å². The molecule has 1 aliphatic heterocycles. The van der Waals surface area contributed by atoms with Crippen molar-refractivity contribution >= 4 is 11.7 Å². The first-order chi connectivity index (χ1) is 9.19. The molecule has 1 fully saturated rings. The van der Waals surface area contributed by atoms with E-state index < -0.39 is 0 Å². The van der Waals surface area contributed by atoms with Crippen molar-refractivity contribution in [1.29, 1.82) is 0 Å². The Balaban J connectivity index is 1.90. The molecule has 3 rings (SSSR count). The summed E-state index contributed by atoms with van der Waals surface area (Å²) in [6.07, 6.45) is 4.16. The zero-order valence-electron chi connectivity index (χ0n) is 11.1. The molecule has 0 spiro atoms. The molecule has 5 heteroatoms. The Morgan fingerprint density at radius 2 is 2.32 bits per heavy atom. The lowest BCUT2D eigenvalue weighted by molar-refractivity contribution is -0.121. The van der Waals surface area contributed by atoms with E-state index in [0.717, 1.165) is 37.2 Å². The van der Waals surface area contributed by atoms with Crippen LogP contribution in [0.4, 0.5) is 5.82 Å². The molecule has 0 aromatic carbocycles. The average molecular weight is 260 g/mol. The monoisotopic (exact) mass is 260 g/mol. The van der Waals surface area contributed by atoms with Crippen LogP contribution in [0.2, 0.25) is 0 Å². The number of pyridine rings is 1. The number of hydrogen-bond acceptors (Lipinski definition) is 4. The maximum Gasteiger partial charge on any atom is 0.222 e. The number of carbonyl (C=O) groups excluding carboxylic acids is 1. The Labute approximate surface area is 113 Å². The number of carbonyl (C=O) groups is 1. The number of primary amides is 1. The van der Waals surface area contributed by atoms with Crippen LogP contribution in [0.25, 0.3) is 0 Å². The van der Waals surface area contributed by atoms with Crippen molar-refractivity contribution in [2.45, 2.75) is 32.2 Å². The van der Waals surface area contributed by atoms with E-state index in [1.54, 1.807) is 0 Å². The third-order valence-electron chi connectivity index (χ3n) is 4.22. The predicted octanol–water partition coefficient (Wildman–Crippen LogP) is 0.341. The van der Waals surface area contributed by atoms with Crippen molar-refractivity contribution in [2.75, 3.05) is 18.0 Å². The summed E-state index contributed by atoms with van der Waals surface area (Å²) in [4.78, 5) is 18.2. The molecule has 1 unspecified atom stereocenters. The molecule has 1 aromatic heterocycles. The first kappa shape index (κ1) is 12.4. The van der Waals surface area contributed by atoms with Crippen LogP contribution in [0.5, 0.6) is 0 Å². The second-order valence-electron chi connectivity index (χ2n) is 5.47. The van der Waals surface area contributed by atoms with Gasteiger partial charge in [0.2, 0.25) is 5.91 Å². The van der Waals surface area contributed by atoms with Crippen molar-refractivity contribution in [3.8, 4) is 0 Å². The van der Waals surface area contributed by atoms with E-state index in [9.17, 15) is 4.79 Å². The molecule has 0 bridgehead atoms. The molecule has 1 amide bonds. The molecule has 0 saturated carbocycles. The van der Waals surface area contributed by atoms with E-state index in [4.69, 9.17) is 16.5 Å². The van der Waals surface area contributed by atoms with Crippen molar-refractivity contribution in [2.24, 2.45) is 17.4 Å². The second-order valence-corrected chi connectivity index (χ2v) is 5.47. The van der Waals surface area contributed by atoms with Gasteiger partial charge in [0.15, 0.2) is 0 Å². The minimum Gasteiger partial charge on any atom is -0.369 e. The van der Waals surface area contributed by atoms with E-state index in [0.29, 0.717) is 13.1 Å². The molecular formula is C14H20N4O. The number of rotatable bonds is 3. The molecule has 2 heterocycles. The summed E-state index contributed by atoms with van der Waals surface area (Å²) in [7, 11) is 0. The van der Waals surface area contributed by atoms with Crippen LogP contribution < -0.4 is 16.4 Å². The molecule has 19 heavy (non-hydrogen) atoms. The quantitative estimate of drug-likeness (QED) is 0.820. The highest BCUT2D eigenvalue weighted by molar-refractivity contribution is 5.78. The van der Waals surface area contributed by atoms with Crippen LogP contribution in [0.1, 0.15) is 29.7 Å². The number of aromatic nitrogens is 1. The molecule has 1 saturated heterocycles. The highest BCUT2D eigenvalue weighted by Crippen LogP contribution is 2.30. The summed E-state index contributed by atoms with van der Waals surface area (Å²) in [5.41, 5.74) is 14.9. The van der Waals surface area contributed by atoms with Gasteiger partial charge in [-0.25, -0.2) is 4.98 Å². The van der Waals surface area contributed by atoms with Gasteiger partial charge in [-0.05, 0) is 37.3 Å². The SMILES string of the molecule is NCc1cc2c(nc1N1CCC(C(N)=O)C1)CCC2. The van der Waals surface area contributed by atoms with Crippen molar-refractivity contribution in [1.82, 2.24) is 4.98 Å². The molecule has 1 aliphatic carbocycles. The van der Waals surface area contributed by atoms with Crippen LogP contribution >= 0.6 is 0 Å². The zero-order valence-corrected chi connectivity index (χ0v) is 11.1. The van der Waals surface area contributed by atoms with Gasteiger partial charge in [-0.2, -0.15) is 0 Å². The third-order valence-corrected chi connectivity index (χ3v) is 4.22. The van der Waals surface area contributed by atoms with Crippen LogP contribution in [0, 0.1) is 5.92 Å². The molecular weight excluding hydrogens is 240 g/mol. The molecule has 1 atom stereocenters. The van der Waals surface area contributed by atoms with Gasteiger partial charge in [-0.15, -0.1) is 0 Å². The lowest BCUT2D eigenvalue weighted by Gasteiger charge is -2.21. The topological polar surface area (TPSA) is 85.2 Å². The van der Waals surface area contributed by atoms with E-state index in [1.165, 1.54) is 17.7 Å². The fourth-order valence-corrected chi connectivity index (χ4v) is 3.12. The minimum atomic E-state index is -0.210. The number of nitrogens with two attached hydrogens (primary N) is 2. The van der Waals surface area contributed by atoms with Crippen LogP contribution in [0.15, 0.2) is 6.07 Å². The largest absolute Gasteiger partial charge is 0.369 e. The third kappa shape index (κ3) is 2.18. The van der Waals surface area contributed by atoms with Gasteiger partial charge in [0.25, 0.3) is 0 Å². The summed E-state index contributed by atoms with van der Waals surface area (Å²) < 4.78 is 0. The Kier molecular flexibility index (Phi) is 3.14. The molecule has 5 nitrogen and oxygen atoms in total. The maximum absolute atomic E-state index is 11.3. The van der Waals surface area contributed by atoms with E-state index in [1.807, 2.05) is 0 Å². The standard InChI is InChI=1S/C14H20N4O/c15-7-11-6-9-2-1-3-12(9)17-14(11)18-5-4-10(8-18)13(16)19/h6,10H,1-5,7-8,15H2,(H2,16,19). The first-order valence-corrected chi connectivity index (χ1v) is 6.95. The number of hydrogen-bond donors (Lipinski definition) is 2. The summed E-state index contributed by atoms with van der Waals surface area (Å²) in [5, 5.41) is 0. The molecule has 1 aromatic rings. The fourth-order valence-electron chi connectivity index (χ4n) is 3.12. The van der Waals surface area contributed by atoms with Gasteiger partial charge in [0.05, 0.1) is 5.92 Å². The van der Waals surface area contributed by atoms with Gasteiger partial charge in [0.1, 0.15) is 5.82 Å². The Morgan fingerprint density at radius 1 is 1.47 bits per heavy atom. The zero-order chi connectivity index (χ0) is 13.4. The van der Waals surface area contributed by atoms with Gasteiger partial charge >= 0.3 is 0 Å². The van der Waals surface area contributed by atoms with Crippen LogP contribution in [-0.4, -0.2) is 24.0 Å². The summed E-state index contributed by atoms with van der Waals surface area (Å²) in [6.45, 7) is 2.01. The normalized spacial score (nSPS) is 21.7. The number of anilines is 1. The maximum atomic E-state index is 11.3. The van der Waals surface area contributed by atoms with Gasteiger partial charge in [-0.1, -0.05) is 0 Å². The van der Waals surface area contributed by atoms with Crippen LogP contribution in [0.3, 0.4) is 0 Å². The van der Waals surface area contributed by atoms with E-state index in [-0.39, 0.29) is 11.8 Å². The number of amides is 1. The van der Waals surface area contributed by atoms with Gasteiger partial charge in [0, 0.05) is 30.9 Å². The highest BCUT2D eigenvalue weighted by atomic mass is 16.1. The Hall–Kier alpha value is -1.62. The summed E-state index contributed by atoms with van der Waals surface area (Å²) >= 11 is 0. The second kappa shape index (κ2) is 4.81. The fraction of sp³-hybridized carbons (Fsp3) is 0.571. The lowest BCUT2D eigenvalue weighted by Crippen LogP contribution is -2.28. The smallest absolute Gasteiger partial charge is 0.222 e. The predicted molar refractivity (Wildman–Crippen MR) is 73.7 cm³/mol. The lowest BCUT2D eigenvalue weighted by atomic mass is 10.1. The molecule has 102 valence electrons. The van der Waals surface area contributed by atoms with Gasteiger partial charge < -0.3 is 16.4 Å². The Morgan fingerprint density at radius 3 is 3.00 bits per heavy atom. The molecule has 2 aliphatic rings. The van der Waals surface area contributed by atoms with Gasteiger partial charge in [-0.3, -0.25) is 4.79 Å².